The maximum Gasteiger partial charge on any atom is 0.270 e. The molecule has 2 aromatic rings. The van der Waals surface area contributed by atoms with Gasteiger partial charge in [0.15, 0.2) is 0 Å². The fourth-order valence-corrected chi connectivity index (χ4v) is 4.72. The van der Waals surface area contributed by atoms with Gasteiger partial charge in [-0.15, -0.1) is 0 Å². The molecule has 0 amide bonds. The molecule has 1 aliphatic rings. The summed E-state index contributed by atoms with van der Waals surface area (Å²) in [5, 5.41) is 15.4. The van der Waals surface area contributed by atoms with Gasteiger partial charge in [0, 0.05) is 58.1 Å². The molecule has 2 aromatic carbocycles. The highest BCUT2D eigenvalue weighted by Crippen LogP contribution is 2.29. The number of nitrogens with zero attached hydrogens (tertiary/aromatic N) is 5. The summed E-state index contributed by atoms with van der Waals surface area (Å²) < 4.78 is 27.8. The first-order valence-electron chi connectivity index (χ1n) is 9.72. The summed E-state index contributed by atoms with van der Waals surface area (Å²) in [6.07, 6.45) is 1.56. The predicted molar refractivity (Wildman–Crippen MR) is 121 cm³/mol. The number of anilines is 2. The molecule has 1 N–H and O–H groups in total. The topological polar surface area (TPSA) is 111 Å². The largest absolute Gasteiger partial charge is 0.378 e. The normalized spacial score (nSPS) is 15.8. The molecular weight excluding hydrogens is 420 g/mol. The SMILES string of the molecule is CN1CCN(S(=O)(=O)c2cc([N+](=O)[O-])ccc2NN=Cc2ccc(N(C)C)cc2)CC1. The lowest BCUT2D eigenvalue weighted by Gasteiger charge is -2.31. The maximum atomic E-state index is 13.2. The lowest BCUT2D eigenvalue weighted by Crippen LogP contribution is -2.47. The van der Waals surface area contributed by atoms with Crippen LogP contribution in [0.2, 0.25) is 0 Å². The Morgan fingerprint density at radius 2 is 1.74 bits per heavy atom. The van der Waals surface area contributed by atoms with Gasteiger partial charge in [-0.1, -0.05) is 12.1 Å². The molecule has 1 heterocycles. The van der Waals surface area contributed by atoms with Crippen molar-refractivity contribution < 1.29 is 13.3 Å². The Kier molecular flexibility index (Phi) is 6.88. The minimum atomic E-state index is -3.92. The number of sulfonamides is 1. The third kappa shape index (κ3) is 5.37. The average molecular weight is 447 g/mol. The molecule has 0 aromatic heterocycles. The summed E-state index contributed by atoms with van der Waals surface area (Å²) in [5.41, 5.74) is 4.50. The molecule has 0 radical (unpaired) electrons. The first-order chi connectivity index (χ1) is 14.7. The van der Waals surface area contributed by atoms with Crippen LogP contribution in [-0.4, -0.2) is 76.1 Å². The molecule has 3 rings (SSSR count). The number of non-ortho nitro benzene ring substituents is 1. The van der Waals surface area contributed by atoms with Gasteiger partial charge in [-0.05, 0) is 30.8 Å². The highest BCUT2D eigenvalue weighted by molar-refractivity contribution is 7.89. The van der Waals surface area contributed by atoms with Gasteiger partial charge in [-0.3, -0.25) is 15.5 Å². The molecule has 1 saturated heterocycles. The number of hydrogen-bond acceptors (Lipinski definition) is 8. The third-order valence-electron chi connectivity index (χ3n) is 5.06. The van der Waals surface area contributed by atoms with Crippen LogP contribution < -0.4 is 10.3 Å². The summed E-state index contributed by atoms with van der Waals surface area (Å²) in [5.74, 6) is 0. The molecule has 0 aliphatic carbocycles. The summed E-state index contributed by atoms with van der Waals surface area (Å²) in [4.78, 5) is 14.5. The van der Waals surface area contributed by atoms with Crippen molar-refractivity contribution >= 4 is 33.3 Å². The van der Waals surface area contributed by atoms with Crippen LogP contribution in [0.5, 0.6) is 0 Å². The molecule has 0 atom stereocenters. The summed E-state index contributed by atoms with van der Waals surface area (Å²) >= 11 is 0. The van der Waals surface area contributed by atoms with E-state index in [1.807, 2.05) is 55.2 Å². The van der Waals surface area contributed by atoms with Gasteiger partial charge in [0.05, 0.1) is 16.8 Å². The van der Waals surface area contributed by atoms with E-state index >= 15 is 0 Å². The molecule has 0 bridgehead atoms. The van der Waals surface area contributed by atoms with Gasteiger partial charge >= 0.3 is 0 Å². The zero-order valence-electron chi connectivity index (χ0n) is 17.7. The van der Waals surface area contributed by atoms with Crippen molar-refractivity contribution in [2.45, 2.75) is 4.90 Å². The van der Waals surface area contributed by atoms with Crippen LogP contribution in [0.3, 0.4) is 0 Å². The smallest absolute Gasteiger partial charge is 0.270 e. The van der Waals surface area contributed by atoms with Crippen molar-refractivity contribution in [3.63, 3.8) is 0 Å². The van der Waals surface area contributed by atoms with E-state index in [4.69, 9.17) is 0 Å². The zero-order chi connectivity index (χ0) is 22.6. The molecule has 0 spiro atoms. The number of hydrogen-bond donors (Lipinski definition) is 1. The molecule has 10 nitrogen and oxygen atoms in total. The van der Waals surface area contributed by atoms with Gasteiger partial charge in [-0.2, -0.15) is 9.41 Å². The van der Waals surface area contributed by atoms with Crippen LogP contribution in [0.25, 0.3) is 0 Å². The Balaban J connectivity index is 1.87. The second-order valence-corrected chi connectivity index (χ2v) is 9.41. The van der Waals surface area contributed by atoms with Crippen molar-refractivity contribution in [1.29, 1.82) is 0 Å². The van der Waals surface area contributed by atoms with Crippen LogP contribution in [0, 0.1) is 10.1 Å². The van der Waals surface area contributed by atoms with Crippen molar-refractivity contribution in [2.75, 3.05) is 57.6 Å². The standard InChI is InChI=1S/C20H26N6O4S/c1-23(2)17-6-4-16(5-7-17)15-21-22-19-9-8-18(26(27)28)14-20(19)31(29,30)25-12-10-24(3)11-13-25/h4-9,14-15,22H,10-13H2,1-3H3. The van der Waals surface area contributed by atoms with E-state index in [-0.39, 0.29) is 16.3 Å². The Morgan fingerprint density at radius 1 is 1.10 bits per heavy atom. The van der Waals surface area contributed by atoms with E-state index in [0.717, 1.165) is 17.3 Å². The first-order valence-corrected chi connectivity index (χ1v) is 11.2. The van der Waals surface area contributed by atoms with E-state index in [1.165, 1.54) is 16.4 Å². The number of nitro benzene ring substituents is 1. The van der Waals surface area contributed by atoms with Crippen LogP contribution in [-0.2, 0) is 10.0 Å². The molecule has 11 heteroatoms. The maximum absolute atomic E-state index is 13.2. The lowest BCUT2D eigenvalue weighted by atomic mass is 10.2. The molecule has 31 heavy (non-hydrogen) atoms. The number of rotatable bonds is 7. The second-order valence-electron chi connectivity index (χ2n) is 7.50. The number of nitro groups is 1. The lowest BCUT2D eigenvalue weighted by molar-refractivity contribution is -0.385. The van der Waals surface area contributed by atoms with E-state index in [2.05, 4.69) is 10.5 Å². The van der Waals surface area contributed by atoms with Crippen LogP contribution in [0.4, 0.5) is 17.1 Å². The Morgan fingerprint density at radius 3 is 2.32 bits per heavy atom. The third-order valence-corrected chi connectivity index (χ3v) is 7.00. The van der Waals surface area contributed by atoms with Crippen LogP contribution in [0.15, 0.2) is 52.5 Å². The van der Waals surface area contributed by atoms with E-state index in [1.54, 1.807) is 6.21 Å². The molecular formula is C20H26N6O4S. The molecule has 0 unspecified atom stereocenters. The van der Waals surface area contributed by atoms with E-state index < -0.39 is 14.9 Å². The van der Waals surface area contributed by atoms with E-state index in [9.17, 15) is 18.5 Å². The number of benzene rings is 2. The van der Waals surface area contributed by atoms with Crippen molar-refractivity contribution in [3.05, 3.63) is 58.1 Å². The zero-order valence-corrected chi connectivity index (χ0v) is 18.5. The van der Waals surface area contributed by atoms with Crippen molar-refractivity contribution in [3.8, 4) is 0 Å². The highest BCUT2D eigenvalue weighted by atomic mass is 32.2. The quantitative estimate of drug-likeness (QED) is 0.394. The summed E-state index contributed by atoms with van der Waals surface area (Å²) in [6, 6.07) is 11.4. The Labute approximate surface area is 182 Å². The molecule has 1 fully saturated rings. The van der Waals surface area contributed by atoms with Crippen molar-refractivity contribution in [1.82, 2.24) is 9.21 Å². The number of hydrazone groups is 1. The fourth-order valence-electron chi connectivity index (χ4n) is 3.13. The summed E-state index contributed by atoms with van der Waals surface area (Å²) in [7, 11) is 1.89. The minimum Gasteiger partial charge on any atom is -0.378 e. The monoisotopic (exact) mass is 446 g/mol. The van der Waals surface area contributed by atoms with Crippen LogP contribution in [0.1, 0.15) is 5.56 Å². The fraction of sp³-hybridized carbons (Fsp3) is 0.350. The number of nitrogens with one attached hydrogen (secondary N) is 1. The van der Waals surface area contributed by atoms with E-state index in [0.29, 0.717) is 26.2 Å². The Bertz CT molecular complexity index is 1060. The minimum absolute atomic E-state index is 0.161. The Hall–Kier alpha value is -3.02. The first kappa shape index (κ1) is 22.7. The van der Waals surface area contributed by atoms with Gasteiger partial charge in [-0.25, -0.2) is 8.42 Å². The molecule has 166 valence electrons. The van der Waals surface area contributed by atoms with Gasteiger partial charge in [0.1, 0.15) is 4.90 Å². The van der Waals surface area contributed by atoms with Crippen LogP contribution >= 0.6 is 0 Å². The molecule has 1 aliphatic heterocycles. The highest BCUT2D eigenvalue weighted by Gasteiger charge is 2.31. The van der Waals surface area contributed by atoms with Gasteiger partial charge < -0.3 is 9.80 Å². The predicted octanol–water partition coefficient (Wildman–Crippen LogP) is 2.04. The van der Waals surface area contributed by atoms with Gasteiger partial charge in [0.25, 0.3) is 5.69 Å². The number of likely N-dealkylation sites (N-methyl/N-ethyl adjacent to an activating group) is 1. The summed E-state index contributed by atoms with van der Waals surface area (Å²) in [6.45, 7) is 1.83. The average Bonchev–Trinajstić information content (AvgIpc) is 2.74. The van der Waals surface area contributed by atoms with Gasteiger partial charge in [0.2, 0.25) is 10.0 Å². The number of piperazine rings is 1. The second kappa shape index (κ2) is 9.41. The molecule has 0 saturated carbocycles. The van der Waals surface area contributed by atoms with Crippen molar-refractivity contribution in [2.24, 2.45) is 5.10 Å².